The van der Waals surface area contributed by atoms with Gasteiger partial charge in [0, 0.05) is 13.1 Å². The van der Waals surface area contributed by atoms with Crippen molar-refractivity contribution in [1.29, 1.82) is 0 Å². The Labute approximate surface area is 127 Å². The number of carbonyl (C=O) groups is 1. The Morgan fingerprint density at radius 2 is 2.14 bits per heavy atom. The van der Waals surface area contributed by atoms with E-state index in [4.69, 9.17) is 0 Å². The van der Waals surface area contributed by atoms with Crippen LogP contribution in [0.15, 0.2) is 24.3 Å². The Kier molecular flexibility index (Phi) is 5.31. The van der Waals surface area contributed by atoms with Crippen molar-refractivity contribution in [3.8, 4) is 5.75 Å². The molecule has 0 aliphatic carbocycles. The van der Waals surface area contributed by atoms with Gasteiger partial charge in [-0.2, -0.15) is 8.78 Å². The van der Waals surface area contributed by atoms with Gasteiger partial charge in [-0.1, -0.05) is 12.1 Å². The fourth-order valence-electron chi connectivity index (χ4n) is 2.40. The molecule has 0 radical (unpaired) electrons. The van der Waals surface area contributed by atoms with Crippen LogP contribution in [0.2, 0.25) is 0 Å². The van der Waals surface area contributed by atoms with Crippen LogP contribution in [0, 0.1) is 5.41 Å². The summed E-state index contributed by atoms with van der Waals surface area (Å²) in [5.41, 5.74) is 0.0749. The maximum absolute atomic E-state index is 12.1. The van der Waals surface area contributed by atoms with E-state index in [1.165, 1.54) is 24.3 Å². The smallest absolute Gasteiger partial charge is 0.387 e. The molecular formula is C15H20F2N2O3. The number of nitrogens with one attached hydrogen (secondary N) is 2. The van der Waals surface area contributed by atoms with Crippen molar-refractivity contribution >= 4 is 5.91 Å². The van der Waals surface area contributed by atoms with Crippen molar-refractivity contribution in [2.45, 2.75) is 26.1 Å². The number of aliphatic hydroxyl groups excluding tert-OH is 1. The van der Waals surface area contributed by atoms with Crippen molar-refractivity contribution in [3.05, 3.63) is 29.8 Å². The fourth-order valence-corrected chi connectivity index (χ4v) is 2.40. The van der Waals surface area contributed by atoms with Crippen molar-refractivity contribution in [2.75, 3.05) is 19.6 Å². The molecule has 3 N–H and O–H groups in total. The normalized spacial score (nSPS) is 22.6. The molecule has 5 nitrogen and oxygen atoms in total. The van der Waals surface area contributed by atoms with Gasteiger partial charge in [-0.3, -0.25) is 4.79 Å². The number of hydrogen-bond acceptors (Lipinski definition) is 4. The average Bonchev–Trinajstić information content (AvgIpc) is 2.92. The molecule has 0 bridgehead atoms. The Bertz CT molecular complexity index is 502. The highest BCUT2D eigenvalue weighted by molar-refractivity contribution is 5.82. The van der Waals surface area contributed by atoms with E-state index < -0.39 is 18.1 Å². The highest BCUT2D eigenvalue weighted by Gasteiger charge is 2.36. The Morgan fingerprint density at radius 3 is 2.68 bits per heavy atom. The largest absolute Gasteiger partial charge is 0.435 e. The summed E-state index contributed by atoms with van der Waals surface area (Å²) in [6.07, 6.45) is -0.142. The zero-order valence-corrected chi connectivity index (χ0v) is 12.3. The molecule has 0 aromatic heterocycles. The summed E-state index contributed by atoms with van der Waals surface area (Å²) in [6, 6.07) is 5.70. The third-order valence-corrected chi connectivity index (χ3v) is 3.86. The Morgan fingerprint density at radius 1 is 1.45 bits per heavy atom. The number of benzene rings is 1. The molecule has 2 rings (SSSR count). The molecule has 1 saturated heterocycles. The van der Waals surface area contributed by atoms with Crippen LogP contribution < -0.4 is 15.4 Å². The van der Waals surface area contributed by atoms with Crippen LogP contribution in [0.1, 0.15) is 25.0 Å². The standard InChI is InChI=1S/C15H20F2N2O3/c1-15(6-7-18-9-15)13(21)19-8-12(20)10-2-4-11(5-3-10)22-14(16)17/h2-5,12,14,18,20H,6-9H2,1H3,(H,19,21). The highest BCUT2D eigenvalue weighted by atomic mass is 19.3. The summed E-state index contributed by atoms with van der Waals surface area (Å²) in [4.78, 5) is 12.1. The second-order valence-electron chi connectivity index (χ2n) is 5.66. The summed E-state index contributed by atoms with van der Waals surface area (Å²) < 4.78 is 28.3. The van der Waals surface area contributed by atoms with E-state index in [0.717, 1.165) is 13.0 Å². The number of carbonyl (C=O) groups excluding carboxylic acids is 1. The van der Waals surface area contributed by atoms with E-state index >= 15 is 0 Å². The Balaban J connectivity index is 1.86. The average molecular weight is 314 g/mol. The van der Waals surface area contributed by atoms with Crippen LogP contribution in [0.25, 0.3) is 0 Å². The molecule has 0 saturated carbocycles. The van der Waals surface area contributed by atoms with E-state index in [1.54, 1.807) is 0 Å². The lowest BCUT2D eigenvalue weighted by Gasteiger charge is -2.22. The summed E-state index contributed by atoms with van der Waals surface area (Å²) in [6.45, 7) is 0.497. The summed E-state index contributed by atoms with van der Waals surface area (Å²) in [5, 5.41) is 15.9. The number of hydrogen-bond donors (Lipinski definition) is 3. The second-order valence-corrected chi connectivity index (χ2v) is 5.66. The first-order chi connectivity index (χ1) is 10.4. The van der Waals surface area contributed by atoms with E-state index in [2.05, 4.69) is 15.4 Å². The molecule has 1 heterocycles. The van der Waals surface area contributed by atoms with Crippen LogP contribution in [0.3, 0.4) is 0 Å². The number of ether oxygens (including phenoxy) is 1. The minimum Gasteiger partial charge on any atom is -0.435 e. The first kappa shape index (κ1) is 16.6. The third-order valence-electron chi connectivity index (χ3n) is 3.86. The molecule has 0 spiro atoms. The molecule has 122 valence electrons. The molecule has 1 aliphatic rings. The topological polar surface area (TPSA) is 70.6 Å². The minimum atomic E-state index is -2.88. The number of alkyl halides is 2. The third kappa shape index (κ3) is 4.14. The zero-order valence-electron chi connectivity index (χ0n) is 12.3. The molecule has 1 amide bonds. The van der Waals surface area contributed by atoms with Gasteiger partial charge in [0.1, 0.15) is 5.75 Å². The first-order valence-electron chi connectivity index (χ1n) is 7.12. The van der Waals surface area contributed by atoms with Gasteiger partial charge < -0.3 is 20.5 Å². The van der Waals surface area contributed by atoms with Crippen LogP contribution in [-0.2, 0) is 4.79 Å². The molecule has 1 fully saturated rings. The molecule has 2 unspecified atom stereocenters. The monoisotopic (exact) mass is 314 g/mol. The predicted octanol–water partition coefficient (Wildman–Crippen LogP) is 1.44. The van der Waals surface area contributed by atoms with Gasteiger partial charge in [0.25, 0.3) is 0 Å². The summed E-state index contributed by atoms with van der Waals surface area (Å²) >= 11 is 0. The molecule has 7 heteroatoms. The van der Waals surface area contributed by atoms with Gasteiger partial charge in [0.15, 0.2) is 0 Å². The van der Waals surface area contributed by atoms with Gasteiger partial charge in [0.05, 0.1) is 11.5 Å². The molecule has 2 atom stereocenters. The highest BCUT2D eigenvalue weighted by Crippen LogP contribution is 2.25. The summed E-state index contributed by atoms with van der Waals surface area (Å²) in [7, 11) is 0. The lowest BCUT2D eigenvalue weighted by molar-refractivity contribution is -0.129. The Hall–Kier alpha value is -1.73. The quantitative estimate of drug-likeness (QED) is 0.743. The lowest BCUT2D eigenvalue weighted by Crippen LogP contribution is -2.41. The van der Waals surface area contributed by atoms with E-state index in [-0.39, 0.29) is 18.2 Å². The molecule has 1 aromatic rings. The van der Waals surface area contributed by atoms with Gasteiger partial charge >= 0.3 is 6.61 Å². The predicted molar refractivity (Wildman–Crippen MR) is 76.6 cm³/mol. The number of aliphatic hydroxyl groups is 1. The van der Waals surface area contributed by atoms with Gasteiger partial charge in [-0.05, 0) is 37.6 Å². The molecular weight excluding hydrogens is 294 g/mol. The second kappa shape index (κ2) is 7.02. The van der Waals surface area contributed by atoms with Gasteiger partial charge in [-0.25, -0.2) is 0 Å². The van der Waals surface area contributed by atoms with E-state index in [9.17, 15) is 18.7 Å². The van der Waals surface area contributed by atoms with Crippen LogP contribution >= 0.6 is 0 Å². The molecule has 22 heavy (non-hydrogen) atoms. The van der Waals surface area contributed by atoms with Crippen molar-refractivity contribution in [1.82, 2.24) is 10.6 Å². The molecule has 1 aromatic carbocycles. The van der Waals surface area contributed by atoms with Gasteiger partial charge in [0.2, 0.25) is 5.91 Å². The van der Waals surface area contributed by atoms with Gasteiger partial charge in [-0.15, -0.1) is 0 Å². The zero-order chi connectivity index (χ0) is 16.2. The SMILES string of the molecule is CC1(C(=O)NCC(O)c2ccc(OC(F)F)cc2)CCNC1. The fraction of sp³-hybridized carbons (Fsp3) is 0.533. The summed E-state index contributed by atoms with van der Waals surface area (Å²) in [5.74, 6) is -0.0752. The maximum atomic E-state index is 12.1. The first-order valence-corrected chi connectivity index (χ1v) is 7.12. The van der Waals surface area contributed by atoms with E-state index in [1.807, 2.05) is 6.92 Å². The van der Waals surface area contributed by atoms with Crippen molar-refractivity contribution < 1.29 is 23.4 Å². The minimum absolute atomic E-state index is 0.0273. The maximum Gasteiger partial charge on any atom is 0.387 e. The number of amides is 1. The number of halogens is 2. The van der Waals surface area contributed by atoms with Crippen LogP contribution in [-0.4, -0.2) is 37.3 Å². The lowest BCUT2D eigenvalue weighted by atomic mass is 9.89. The van der Waals surface area contributed by atoms with Crippen molar-refractivity contribution in [2.24, 2.45) is 5.41 Å². The number of rotatable bonds is 6. The van der Waals surface area contributed by atoms with Crippen LogP contribution in [0.4, 0.5) is 8.78 Å². The molecule has 1 aliphatic heterocycles. The van der Waals surface area contributed by atoms with Crippen molar-refractivity contribution in [3.63, 3.8) is 0 Å². The van der Waals surface area contributed by atoms with E-state index in [0.29, 0.717) is 12.1 Å². The van der Waals surface area contributed by atoms with Crippen LogP contribution in [0.5, 0.6) is 5.75 Å².